The van der Waals surface area contributed by atoms with Crippen molar-refractivity contribution in [3.05, 3.63) is 77.9 Å². The van der Waals surface area contributed by atoms with Gasteiger partial charge >= 0.3 is 0 Å². The van der Waals surface area contributed by atoms with Crippen molar-refractivity contribution < 1.29 is 23.5 Å². The van der Waals surface area contributed by atoms with E-state index >= 15 is 0 Å². The molecule has 2 aromatic carbocycles. The van der Waals surface area contributed by atoms with Crippen molar-refractivity contribution in [2.75, 3.05) is 13.7 Å². The molecule has 0 aliphatic heterocycles. The second-order valence-electron chi connectivity index (χ2n) is 5.48. The smallest absolute Gasteiger partial charge is 0.259 e. The number of carbonyl (C=O) groups is 2. The Morgan fingerprint density at radius 3 is 2.50 bits per heavy atom. The zero-order chi connectivity index (χ0) is 20.4. The number of allylic oxidation sites excluding steroid dienone is 2. The molecule has 0 aliphatic rings. The number of amides is 1. The number of benzene rings is 2. The lowest BCUT2D eigenvalue weighted by Gasteiger charge is -2.12. The molecule has 1 amide bonds. The molecule has 7 heteroatoms. The molecule has 146 valence electrons. The molecule has 0 bridgehead atoms. The van der Waals surface area contributed by atoms with Crippen molar-refractivity contribution in [3.63, 3.8) is 0 Å². The van der Waals surface area contributed by atoms with E-state index in [0.29, 0.717) is 24.4 Å². The Balaban J connectivity index is 2.25. The molecule has 0 saturated carbocycles. The van der Waals surface area contributed by atoms with Crippen LogP contribution < -0.4 is 20.1 Å². The fraction of sp³-hybridized carbons (Fsp3) is 0.143. The Morgan fingerprint density at radius 1 is 1.14 bits per heavy atom. The molecule has 0 aromatic heterocycles. The predicted octanol–water partition coefficient (Wildman–Crippen LogP) is 3.56. The maximum Gasteiger partial charge on any atom is 0.259 e. The van der Waals surface area contributed by atoms with Crippen molar-refractivity contribution in [1.82, 2.24) is 10.6 Å². The van der Waals surface area contributed by atoms with E-state index in [0.717, 1.165) is 6.07 Å². The SMILES string of the molecule is CCOc1ccc(Oc2ccc(F)cc2C(=O)NC(/C=C\NC)=C/C=O)cc1. The average Bonchev–Trinajstić information content (AvgIpc) is 2.69. The van der Waals surface area contributed by atoms with Gasteiger partial charge in [0.25, 0.3) is 5.91 Å². The van der Waals surface area contributed by atoms with Gasteiger partial charge in [-0.1, -0.05) is 0 Å². The lowest BCUT2D eigenvalue weighted by atomic mass is 10.1. The fourth-order valence-electron chi connectivity index (χ4n) is 2.25. The van der Waals surface area contributed by atoms with Crippen LogP contribution in [0.3, 0.4) is 0 Å². The third kappa shape index (κ3) is 5.98. The van der Waals surface area contributed by atoms with Gasteiger partial charge in [0.05, 0.1) is 12.2 Å². The Morgan fingerprint density at radius 2 is 1.86 bits per heavy atom. The standard InChI is InChI=1S/C21H21FN2O4/c1-3-27-17-5-7-18(8-6-17)28-20-9-4-15(22)14-19(20)21(26)24-16(11-13-25)10-12-23-2/h4-14,23H,3H2,1-2H3,(H,24,26)/b12-10-,16-11+. The third-order valence-corrected chi connectivity index (χ3v) is 3.48. The highest BCUT2D eigenvalue weighted by Crippen LogP contribution is 2.28. The van der Waals surface area contributed by atoms with Gasteiger partial charge in [0.2, 0.25) is 0 Å². The van der Waals surface area contributed by atoms with Crippen molar-refractivity contribution in [3.8, 4) is 17.2 Å². The first-order valence-corrected chi connectivity index (χ1v) is 8.58. The van der Waals surface area contributed by atoms with Gasteiger partial charge < -0.3 is 20.1 Å². The molecule has 28 heavy (non-hydrogen) atoms. The number of aldehydes is 1. The summed E-state index contributed by atoms with van der Waals surface area (Å²) in [5.74, 6) is 0.117. The van der Waals surface area contributed by atoms with Crippen LogP contribution in [0.2, 0.25) is 0 Å². The van der Waals surface area contributed by atoms with Gasteiger partial charge in [-0.3, -0.25) is 9.59 Å². The number of carbonyl (C=O) groups excluding carboxylic acids is 2. The number of halogens is 1. The third-order valence-electron chi connectivity index (χ3n) is 3.48. The minimum atomic E-state index is -0.616. The van der Waals surface area contributed by atoms with Crippen LogP contribution >= 0.6 is 0 Å². The monoisotopic (exact) mass is 384 g/mol. The molecule has 6 nitrogen and oxygen atoms in total. The fourth-order valence-corrected chi connectivity index (χ4v) is 2.25. The lowest BCUT2D eigenvalue weighted by molar-refractivity contribution is -0.104. The van der Waals surface area contributed by atoms with Crippen molar-refractivity contribution >= 4 is 12.2 Å². The molecule has 0 saturated heterocycles. The van der Waals surface area contributed by atoms with Crippen molar-refractivity contribution in [2.24, 2.45) is 0 Å². The van der Waals surface area contributed by atoms with E-state index in [1.54, 1.807) is 37.5 Å². The Hall–Kier alpha value is -3.61. The number of hydrogen-bond acceptors (Lipinski definition) is 5. The minimum Gasteiger partial charge on any atom is -0.494 e. The van der Waals surface area contributed by atoms with Gasteiger partial charge in [0.15, 0.2) is 0 Å². The van der Waals surface area contributed by atoms with E-state index in [4.69, 9.17) is 9.47 Å². The molecule has 0 fully saturated rings. The van der Waals surface area contributed by atoms with E-state index < -0.39 is 11.7 Å². The number of nitrogens with one attached hydrogen (secondary N) is 2. The van der Waals surface area contributed by atoms with Gasteiger partial charge in [-0.2, -0.15) is 0 Å². The molecule has 2 rings (SSSR count). The van der Waals surface area contributed by atoms with E-state index in [1.807, 2.05) is 6.92 Å². The van der Waals surface area contributed by atoms with Gasteiger partial charge in [-0.05, 0) is 61.7 Å². The molecule has 0 aliphatic carbocycles. The van der Waals surface area contributed by atoms with Gasteiger partial charge in [-0.25, -0.2) is 4.39 Å². The molecule has 0 unspecified atom stereocenters. The maximum atomic E-state index is 13.7. The molecule has 0 spiro atoms. The highest BCUT2D eigenvalue weighted by molar-refractivity contribution is 5.98. The second kappa shape index (κ2) is 10.5. The summed E-state index contributed by atoms with van der Waals surface area (Å²) in [7, 11) is 1.67. The summed E-state index contributed by atoms with van der Waals surface area (Å²) < 4.78 is 24.8. The summed E-state index contributed by atoms with van der Waals surface area (Å²) >= 11 is 0. The van der Waals surface area contributed by atoms with Crippen LogP contribution in [0.5, 0.6) is 17.2 Å². The Bertz CT molecular complexity index is 876. The van der Waals surface area contributed by atoms with E-state index in [-0.39, 0.29) is 17.0 Å². The Kier molecular flexibility index (Phi) is 7.77. The van der Waals surface area contributed by atoms with Crippen molar-refractivity contribution in [1.29, 1.82) is 0 Å². The van der Waals surface area contributed by atoms with Crippen LogP contribution in [0.4, 0.5) is 4.39 Å². The normalized spacial score (nSPS) is 11.2. The highest BCUT2D eigenvalue weighted by Gasteiger charge is 2.15. The summed E-state index contributed by atoms with van der Waals surface area (Å²) in [4.78, 5) is 23.4. The largest absolute Gasteiger partial charge is 0.494 e. The number of rotatable bonds is 9. The van der Waals surface area contributed by atoms with Crippen LogP contribution in [-0.4, -0.2) is 25.8 Å². The summed E-state index contributed by atoms with van der Waals surface area (Å²) in [6, 6.07) is 10.5. The summed E-state index contributed by atoms with van der Waals surface area (Å²) in [6.45, 7) is 2.42. The zero-order valence-electron chi connectivity index (χ0n) is 15.6. The molecular formula is C21H21FN2O4. The summed E-state index contributed by atoms with van der Waals surface area (Å²) in [5, 5.41) is 5.30. The zero-order valence-corrected chi connectivity index (χ0v) is 15.6. The maximum absolute atomic E-state index is 13.7. The summed E-state index contributed by atoms with van der Waals surface area (Å²) in [6.07, 6.45) is 4.76. The molecule has 0 atom stereocenters. The number of ether oxygens (including phenoxy) is 2. The average molecular weight is 384 g/mol. The van der Waals surface area contributed by atoms with Crippen LogP contribution in [-0.2, 0) is 4.79 Å². The number of hydrogen-bond donors (Lipinski definition) is 2. The topological polar surface area (TPSA) is 76.7 Å². The second-order valence-corrected chi connectivity index (χ2v) is 5.48. The van der Waals surface area contributed by atoms with Crippen molar-refractivity contribution in [2.45, 2.75) is 6.92 Å². The van der Waals surface area contributed by atoms with E-state index in [9.17, 15) is 14.0 Å². The molecule has 0 heterocycles. The molecular weight excluding hydrogens is 363 g/mol. The van der Waals surface area contributed by atoms with Crippen LogP contribution in [0.1, 0.15) is 17.3 Å². The molecule has 2 aromatic rings. The van der Waals surface area contributed by atoms with E-state index in [2.05, 4.69) is 10.6 Å². The molecule has 0 radical (unpaired) electrons. The quantitative estimate of drug-likeness (QED) is 0.393. The predicted molar refractivity (Wildman–Crippen MR) is 104 cm³/mol. The van der Waals surface area contributed by atoms with Crippen LogP contribution in [0.25, 0.3) is 0 Å². The first-order chi connectivity index (χ1) is 13.6. The minimum absolute atomic E-state index is 0.0106. The first kappa shape index (κ1) is 20.7. The van der Waals surface area contributed by atoms with Gasteiger partial charge in [0.1, 0.15) is 29.4 Å². The van der Waals surface area contributed by atoms with E-state index in [1.165, 1.54) is 24.3 Å². The van der Waals surface area contributed by atoms with Gasteiger partial charge in [0, 0.05) is 18.8 Å². The van der Waals surface area contributed by atoms with Crippen LogP contribution in [0.15, 0.2) is 66.5 Å². The summed E-state index contributed by atoms with van der Waals surface area (Å²) in [5.41, 5.74) is 0.231. The highest BCUT2D eigenvalue weighted by atomic mass is 19.1. The van der Waals surface area contributed by atoms with Crippen LogP contribution in [0, 0.1) is 5.82 Å². The van der Waals surface area contributed by atoms with Gasteiger partial charge in [-0.15, -0.1) is 0 Å². The lowest BCUT2D eigenvalue weighted by Crippen LogP contribution is -2.23. The molecule has 2 N–H and O–H groups in total. The first-order valence-electron chi connectivity index (χ1n) is 8.58. The Labute approximate surface area is 162 Å².